The van der Waals surface area contributed by atoms with Crippen LogP contribution < -0.4 is 0 Å². The predicted octanol–water partition coefficient (Wildman–Crippen LogP) is 3.84. The van der Waals surface area contributed by atoms with Crippen molar-refractivity contribution in [2.75, 3.05) is 0 Å². The summed E-state index contributed by atoms with van der Waals surface area (Å²) in [5, 5.41) is 10.1. The highest BCUT2D eigenvalue weighted by atomic mass is 16.3. The summed E-state index contributed by atoms with van der Waals surface area (Å²) in [6.07, 6.45) is 3.72. The van der Waals surface area contributed by atoms with Crippen LogP contribution in [0.5, 0.6) is 0 Å². The average Bonchev–Trinajstić information content (AvgIpc) is 2.81. The first kappa shape index (κ1) is 13.9. The first-order chi connectivity index (χ1) is 8.99. The van der Waals surface area contributed by atoms with Crippen LogP contribution in [0.3, 0.4) is 0 Å². The van der Waals surface area contributed by atoms with Crippen LogP contribution in [-0.2, 0) is 6.54 Å². The summed E-state index contributed by atoms with van der Waals surface area (Å²) < 4.78 is 2.15. The Morgan fingerprint density at radius 2 is 1.74 bits per heavy atom. The van der Waals surface area contributed by atoms with E-state index in [1.807, 2.05) is 26.1 Å². The number of aliphatic hydroxyl groups is 1. The van der Waals surface area contributed by atoms with Gasteiger partial charge in [0.1, 0.15) is 0 Å². The first-order valence-electron chi connectivity index (χ1n) is 6.88. The minimum atomic E-state index is -0.376. The second-order valence-electron chi connectivity index (χ2n) is 5.68. The van der Waals surface area contributed by atoms with E-state index in [1.54, 1.807) is 0 Å². The topological polar surface area (TPSA) is 25.2 Å². The summed E-state index contributed by atoms with van der Waals surface area (Å²) in [4.78, 5) is 0. The maximum Gasteiger partial charge on any atom is 0.0827 e. The number of hydrogen-bond acceptors (Lipinski definition) is 1. The Morgan fingerprint density at radius 1 is 1.11 bits per heavy atom. The lowest BCUT2D eigenvalue weighted by atomic mass is 10.0. The molecule has 1 aromatic carbocycles. The SMILES string of the molecule is Cc1cccc(C)c1Cn1ccc(C(O)C(C)C)c1. The smallest absolute Gasteiger partial charge is 0.0827 e. The zero-order valence-electron chi connectivity index (χ0n) is 12.2. The third-order valence-electron chi connectivity index (χ3n) is 3.73. The van der Waals surface area contributed by atoms with Gasteiger partial charge in [0.25, 0.3) is 0 Å². The van der Waals surface area contributed by atoms with E-state index in [0.717, 1.165) is 12.1 Å². The maximum atomic E-state index is 10.1. The second-order valence-corrected chi connectivity index (χ2v) is 5.68. The van der Waals surface area contributed by atoms with Crippen LogP contribution in [-0.4, -0.2) is 9.67 Å². The monoisotopic (exact) mass is 257 g/mol. The molecule has 0 aliphatic carbocycles. The summed E-state index contributed by atoms with van der Waals surface area (Å²) >= 11 is 0. The molecular weight excluding hydrogens is 234 g/mol. The summed E-state index contributed by atoms with van der Waals surface area (Å²) in [5.41, 5.74) is 5.00. The largest absolute Gasteiger partial charge is 0.388 e. The van der Waals surface area contributed by atoms with Crippen molar-refractivity contribution in [1.29, 1.82) is 0 Å². The molecule has 1 aromatic heterocycles. The van der Waals surface area contributed by atoms with Crippen molar-refractivity contribution in [3.8, 4) is 0 Å². The first-order valence-corrected chi connectivity index (χ1v) is 6.88. The predicted molar refractivity (Wildman–Crippen MR) is 79.2 cm³/mol. The normalized spacial score (nSPS) is 12.9. The third-order valence-corrected chi connectivity index (χ3v) is 3.73. The van der Waals surface area contributed by atoms with Gasteiger partial charge in [-0.3, -0.25) is 0 Å². The summed E-state index contributed by atoms with van der Waals surface area (Å²) in [6, 6.07) is 8.40. The highest BCUT2D eigenvalue weighted by molar-refractivity contribution is 5.34. The number of nitrogens with zero attached hydrogens (tertiary/aromatic N) is 1. The van der Waals surface area contributed by atoms with Gasteiger partial charge in [-0.1, -0.05) is 32.0 Å². The minimum absolute atomic E-state index is 0.246. The van der Waals surface area contributed by atoms with Crippen LogP contribution in [0.15, 0.2) is 36.7 Å². The number of rotatable bonds is 4. The Labute approximate surface area is 115 Å². The molecule has 2 aromatic rings. The molecule has 1 atom stereocenters. The Hall–Kier alpha value is -1.54. The van der Waals surface area contributed by atoms with Gasteiger partial charge in [-0.25, -0.2) is 0 Å². The van der Waals surface area contributed by atoms with E-state index in [-0.39, 0.29) is 12.0 Å². The van der Waals surface area contributed by atoms with Gasteiger partial charge >= 0.3 is 0 Å². The highest BCUT2D eigenvalue weighted by Gasteiger charge is 2.13. The van der Waals surface area contributed by atoms with Crippen molar-refractivity contribution >= 4 is 0 Å². The van der Waals surface area contributed by atoms with Gasteiger partial charge in [0.2, 0.25) is 0 Å². The van der Waals surface area contributed by atoms with Gasteiger partial charge in [0.15, 0.2) is 0 Å². The molecule has 19 heavy (non-hydrogen) atoms. The Balaban J connectivity index is 2.21. The molecule has 0 fully saturated rings. The lowest BCUT2D eigenvalue weighted by molar-refractivity contribution is 0.127. The quantitative estimate of drug-likeness (QED) is 0.884. The van der Waals surface area contributed by atoms with Gasteiger partial charge in [-0.2, -0.15) is 0 Å². The van der Waals surface area contributed by atoms with Gasteiger partial charge < -0.3 is 9.67 Å². The molecule has 0 aliphatic heterocycles. The number of aryl methyl sites for hydroxylation is 2. The van der Waals surface area contributed by atoms with E-state index in [1.165, 1.54) is 16.7 Å². The molecule has 0 bridgehead atoms. The van der Waals surface area contributed by atoms with Crippen molar-refractivity contribution in [1.82, 2.24) is 4.57 Å². The maximum absolute atomic E-state index is 10.1. The summed E-state index contributed by atoms with van der Waals surface area (Å²) in [5.74, 6) is 0.246. The van der Waals surface area contributed by atoms with Gasteiger partial charge in [-0.15, -0.1) is 0 Å². The number of aromatic nitrogens is 1. The van der Waals surface area contributed by atoms with Crippen molar-refractivity contribution < 1.29 is 5.11 Å². The Morgan fingerprint density at radius 3 is 2.32 bits per heavy atom. The number of hydrogen-bond donors (Lipinski definition) is 1. The molecule has 2 heteroatoms. The van der Waals surface area contributed by atoms with Crippen molar-refractivity contribution in [3.05, 3.63) is 58.9 Å². The second kappa shape index (κ2) is 5.62. The zero-order chi connectivity index (χ0) is 14.0. The average molecular weight is 257 g/mol. The van der Waals surface area contributed by atoms with Crippen molar-refractivity contribution in [3.63, 3.8) is 0 Å². The molecule has 0 aliphatic rings. The lowest BCUT2D eigenvalue weighted by Gasteiger charge is -2.13. The Kier molecular flexibility index (Phi) is 4.11. The molecule has 0 amide bonds. The molecule has 0 spiro atoms. The van der Waals surface area contributed by atoms with Crippen LogP contribution >= 0.6 is 0 Å². The molecule has 1 unspecified atom stereocenters. The number of benzene rings is 1. The minimum Gasteiger partial charge on any atom is -0.388 e. The Bertz CT molecular complexity index is 534. The molecule has 1 N–H and O–H groups in total. The molecule has 102 valence electrons. The molecule has 1 heterocycles. The van der Waals surface area contributed by atoms with Crippen LogP contribution in [0.25, 0.3) is 0 Å². The van der Waals surface area contributed by atoms with Crippen molar-refractivity contribution in [2.24, 2.45) is 5.92 Å². The van der Waals surface area contributed by atoms with Gasteiger partial charge in [-0.05, 0) is 48.1 Å². The van der Waals surface area contributed by atoms with E-state index in [0.29, 0.717) is 0 Å². The summed E-state index contributed by atoms with van der Waals surface area (Å²) in [7, 11) is 0. The number of aliphatic hydroxyl groups excluding tert-OH is 1. The van der Waals surface area contributed by atoms with Crippen LogP contribution in [0.1, 0.15) is 42.2 Å². The zero-order valence-corrected chi connectivity index (χ0v) is 12.2. The van der Waals surface area contributed by atoms with Crippen molar-refractivity contribution in [2.45, 2.75) is 40.3 Å². The van der Waals surface area contributed by atoms with E-state index in [9.17, 15) is 5.11 Å². The van der Waals surface area contributed by atoms with Crippen LogP contribution in [0.4, 0.5) is 0 Å². The van der Waals surface area contributed by atoms with E-state index in [2.05, 4.69) is 42.8 Å². The summed E-state index contributed by atoms with van der Waals surface area (Å²) in [6.45, 7) is 9.23. The van der Waals surface area contributed by atoms with Gasteiger partial charge in [0.05, 0.1) is 6.10 Å². The molecule has 0 radical (unpaired) electrons. The van der Waals surface area contributed by atoms with Gasteiger partial charge in [0, 0.05) is 18.9 Å². The fourth-order valence-electron chi connectivity index (χ4n) is 2.40. The van der Waals surface area contributed by atoms with Crippen LogP contribution in [0.2, 0.25) is 0 Å². The molecule has 2 rings (SSSR count). The molecule has 0 saturated carbocycles. The van der Waals surface area contributed by atoms with E-state index < -0.39 is 0 Å². The fourth-order valence-corrected chi connectivity index (χ4v) is 2.40. The van der Waals surface area contributed by atoms with E-state index >= 15 is 0 Å². The highest BCUT2D eigenvalue weighted by Crippen LogP contribution is 2.22. The fraction of sp³-hybridized carbons (Fsp3) is 0.412. The molecule has 0 saturated heterocycles. The molecular formula is C17H23NO. The van der Waals surface area contributed by atoms with Crippen LogP contribution in [0, 0.1) is 19.8 Å². The third kappa shape index (κ3) is 3.07. The lowest BCUT2D eigenvalue weighted by Crippen LogP contribution is -2.05. The molecule has 2 nitrogen and oxygen atoms in total. The van der Waals surface area contributed by atoms with E-state index in [4.69, 9.17) is 0 Å². The standard InChI is InChI=1S/C17H23NO/c1-12(2)17(19)15-8-9-18(10-15)11-16-13(3)6-5-7-14(16)4/h5-10,12,17,19H,11H2,1-4H3.